The van der Waals surface area contributed by atoms with Gasteiger partial charge in [-0.25, -0.2) is 0 Å². The Hall–Kier alpha value is -0.630. The Kier molecular flexibility index (Phi) is 10.7. The van der Waals surface area contributed by atoms with Crippen LogP contribution in [0.15, 0.2) is 35.3 Å². The summed E-state index contributed by atoms with van der Waals surface area (Å²) in [5.41, 5.74) is 1.57. The molecule has 1 fully saturated rings. The van der Waals surface area contributed by atoms with E-state index in [9.17, 15) is 4.21 Å². The van der Waals surface area contributed by atoms with Crippen molar-refractivity contribution in [1.29, 1.82) is 0 Å². The molecule has 25 heavy (non-hydrogen) atoms. The maximum absolute atomic E-state index is 12.2. The lowest BCUT2D eigenvalue weighted by Gasteiger charge is -2.28. The fraction of sp³-hybridized carbons (Fsp3) is 0.632. The second-order valence-corrected chi connectivity index (χ2v) is 8.26. The van der Waals surface area contributed by atoms with Gasteiger partial charge in [0.15, 0.2) is 5.96 Å². The average Bonchev–Trinajstić information content (AvgIpc) is 3.08. The highest BCUT2D eigenvalue weighted by Crippen LogP contribution is 2.40. The van der Waals surface area contributed by atoms with Gasteiger partial charge in [-0.3, -0.25) is 9.20 Å². The largest absolute Gasteiger partial charge is 0.356 e. The van der Waals surface area contributed by atoms with Crippen LogP contribution in [0.2, 0.25) is 0 Å². The van der Waals surface area contributed by atoms with Gasteiger partial charge in [0.2, 0.25) is 0 Å². The van der Waals surface area contributed by atoms with E-state index >= 15 is 0 Å². The number of aliphatic imine (C=N–C) groups is 1. The summed E-state index contributed by atoms with van der Waals surface area (Å²) in [4.78, 5) is 4.29. The smallest absolute Gasteiger partial charge is 0.191 e. The summed E-state index contributed by atoms with van der Waals surface area (Å²) in [7, 11) is 0.945. The van der Waals surface area contributed by atoms with Crippen molar-refractivity contribution in [2.45, 2.75) is 44.8 Å². The molecule has 1 aliphatic carbocycles. The first kappa shape index (κ1) is 22.4. The molecule has 1 aromatic rings. The van der Waals surface area contributed by atoms with Gasteiger partial charge in [-0.1, -0.05) is 50.1 Å². The lowest BCUT2D eigenvalue weighted by Crippen LogP contribution is -2.43. The van der Waals surface area contributed by atoms with Crippen LogP contribution in [-0.2, 0) is 16.6 Å². The second kappa shape index (κ2) is 11.9. The van der Waals surface area contributed by atoms with Gasteiger partial charge in [-0.2, -0.15) is 0 Å². The number of nitrogens with zero attached hydrogens (tertiary/aromatic N) is 1. The zero-order chi connectivity index (χ0) is 17.3. The Morgan fingerprint density at radius 2 is 1.88 bits per heavy atom. The Morgan fingerprint density at radius 3 is 2.48 bits per heavy atom. The van der Waals surface area contributed by atoms with Crippen LogP contribution in [-0.4, -0.2) is 36.1 Å². The van der Waals surface area contributed by atoms with Crippen LogP contribution in [0.4, 0.5) is 0 Å². The lowest BCUT2D eigenvalue weighted by molar-refractivity contribution is 0.283. The topological polar surface area (TPSA) is 53.5 Å². The van der Waals surface area contributed by atoms with E-state index in [1.54, 1.807) is 7.05 Å². The summed E-state index contributed by atoms with van der Waals surface area (Å²) in [6.45, 7) is 3.95. The number of rotatable bonds is 8. The van der Waals surface area contributed by atoms with Crippen molar-refractivity contribution < 1.29 is 4.21 Å². The number of halogens is 1. The van der Waals surface area contributed by atoms with E-state index in [2.05, 4.69) is 22.5 Å². The highest BCUT2D eigenvalue weighted by Gasteiger charge is 2.31. The van der Waals surface area contributed by atoms with Gasteiger partial charge in [0.25, 0.3) is 0 Å². The third-order valence-corrected chi connectivity index (χ3v) is 6.38. The van der Waals surface area contributed by atoms with Gasteiger partial charge in [-0.15, -0.1) is 24.0 Å². The highest BCUT2D eigenvalue weighted by atomic mass is 127. The minimum absolute atomic E-state index is 0. The van der Waals surface area contributed by atoms with Crippen molar-refractivity contribution in [2.24, 2.45) is 10.4 Å². The van der Waals surface area contributed by atoms with Gasteiger partial charge in [0, 0.05) is 42.4 Å². The van der Waals surface area contributed by atoms with Gasteiger partial charge in [0.05, 0.1) is 0 Å². The van der Waals surface area contributed by atoms with Crippen LogP contribution in [0.25, 0.3) is 0 Å². The molecular weight excluding hydrogens is 445 g/mol. The van der Waals surface area contributed by atoms with Crippen LogP contribution in [0.3, 0.4) is 0 Å². The van der Waals surface area contributed by atoms with E-state index in [4.69, 9.17) is 0 Å². The quantitative estimate of drug-likeness (QED) is 0.341. The molecule has 2 N–H and O–H groups in total. The van der Waals surface area contributed by atoms with Crippen molar-refractivity contribution in [2.75, 3.05) is 25.9 Å². The van der Waals surface area contributed by atoms with Crippen LogP contribution in [0.5, 0.6) is 0 Å². The molecule has 1 unspecified atom stereocenters. The van der Waals surface area contributed by atoms with Gasteiger partial charge in [-0.05, 0) is 30.2 Å². The first-order valence-electron chi connectivity index (χ1n) is 9.01. The van der Waals surface area contributed by atoms with E-state index in [0.29, 0.717) is 23.5 Å². The maximum atomic E-state index is 12.2. The van der Waals surface area contributed by atoms with Crippen molar-refractivity contribution >= 4 is 40.7 Å². The van der Waals surface area contributed by atoms with Gasteiger partial charge in [0.1, 0.15) is 0 Å². The Bertz CT molecular complexity index is 545. The molecular formula is C19H32IN3OS. The summed E-state index contributed by atoms with van der Waals surface area (Å²) < 4.78 is 12.2. The molecule has 1 saturated carbocycles. The van der Waals surface area contributed by atoms with Crippen molar-refractivity contribution in [1.82, 2.24) is 10.6 Å². The summed E-state index contributed by atoms with van der Waals surface area (Å²) in [6, 6.07) is 10.0. The molecule has 0 bridgehead atoms. The molecule has 0 radical (unpaired) electrons. The minimum atomic E-state index is -0.851. The SMILES string of the molecule is CCC1(CNC(=NC)NCCS(=O)Cc2ccccc2)CCCC1.I. The molecule has 1 atom stereocenters. The van der Waals surface area contributed by atoms with Gasteiger partial charge >= 0.3 is 0 Å². The molecule has 142 valence electrons. The summed E-state index contributed by atoms with van der Waals surface area (Å²) in [6.07, 6.45) is 6.54. The van der Waals surface area contributed by atoms with E-state index in [1.165, 1.54) is 32.1 Å². The molecule has 0 saturated heterocycles. The molecule has 2 rings (SSSR count). The summed E-state index contributed by atoms with van der Waals surface area (Å²) >= 11 is 0. The highest BCUT2D eigenvalue weighted by molar-refractivity contribution is 14.0. The van der Waals surface area contributed by atoms with E-state index in [0.717, 1.165) is 18.1 Å². The molecule has 1 aliphatic rings. The second-order valence-electron chi connectivity index (χ2n) is 6.69. The standard InChI is InChI=1S/C19H31N3OS.HI/c1-3-19(11-7-8-12-19)16-22-18(20-2)21-13-14-24(23)15-17-9-5-4-6-10-17;/h4-6,9-10H,3,7-8,11-16H2,1-2H3,(H2,20,21,22);1H. The molecule has 0 spiro atoms. The van der Waals surface area contributed by atoms with Crippen LogP contribution in [0, 0.1) is 5.41 Å². The Labute approximate surface area is 172 Å². The zero-order valence-electron chi connectivity index (χ0n) is 15.4. The molecule has 1 aromatic carbocycles. The average molecular weight is 477 g/mol. The number of hydrogen-bond donors (Lipinski definition) is 2. The third kappa shape index (κ3) is 7.64. The predicted octanol–water partition coefficient (Wildman–Crippen LogP) is 3.69. The predicted molar refractivity (Wildman–Crippen MR) is 119 cm³/mol. The van der Waals surface area contributed by atoms with Crippen LogP contribution in [0.1, 0.15) is 44.6 Å². The van der Waals surface area contributed by atoms with Crippen molar-refractivity contribution in [3.05, 3.63) is 35.9 Å². The molecule has 0 heterocycles. The molecule has 6 heteroatoms. The van der Waals surface area contributed by atoms with Crippen LogP contribution < -0.4 is 10.6 Å². The monoisotopic (exact) mass is 477 g/mol. The normalized spacial score (nSPS) is 17.6. The summed E-state index contributed by atoms with van der Waals surface area (Å²) in [5, 5.41) is 6.76. The molecule has 0 aliphatic heterocycles. The maximum Gasteiger partial charge on any atom is 0.191 e. The van der Waals surface area contributed by atoms with E-state index in [1.807, 2.05) is 30.3 Å². The van der Waals surface area contributed by atoms with Crippen molar-refractivity contribution in [3.63, 3.8) is 0 Å². The fourth-order valence-electron chi connectivity index (χ4n) is 3.39. The number of benzene rings is 1. The van der Waals surface area contributed by atoms with Gasteiger partial charge < -0.3 is 10.6 Å². The summed E-state index contributed by atoms with van der Waals surface area (Å²) in [5.74, 6) is 2.08. The first-order valence-corrected chi connectivity index (χ1v) is 10.5. The number of nitrogens with one attached hydrogen (secondary N) is 2. The number of hydrogen-bond acceptors (Lipinski definition) is 2. The van der Waals surface area contributed by atoms with E-state index in [-0.39, 0.29) is 24.0 Å². The molecule has 0 aromatic heterocycles. The lowest BCUT2D eigenvalue weighted by atomic mass is 9.83. The molecule has 4 nitrogen and oxygen atoms in total. The minimum Gasteiger partial charge on any atom is -0.356 e. The van der Waals surface area contributed by atoms with Crippen molar-refractivity contribution in [3.8, 4) is 0 Å². The van der Waals surface area contributed by atoms with Crippen LogP contribution >= 0.6 is 24.0 Å². The Balaban J connectivity index is 0.00000312. The molecule has 0 amide bonds. The first-order chi connectivity index (χ1) is 11.7. The zero-order valence-corrected chi connectivity index (χ0v) is 18.6. The third-order valence-electron chi connectivity index (χ3n) is 5.06. The fourth-order valence-corrected chi connectivity index (χ4v) is 4.43. The van der Waals surface area contributed by atoms with E-state index < -0.39 is 10.8 Å². The Morgan fingerprint density at radius 1 is 1.20 bits per heavy atom. The number of guanidine groups is 1.